The van der Waals surface area contributed by atoms with Gasteiger partial charge in [-0.05, 0) is 48.5 Å². The Labute approximate surface area is 161 Å². The summed E-state index contributed by atoms with van der Waals surface area (Å²) in [5, 5.41) is 1.29. The van der Waals surface area contributed by atoms with Crippen molar-refractivity contribution in [2.75, 3.05) is 22.9 Å². The average molecular weight is 390 g/mol. The number of benzene rings is 2. The molecular weight excluding hydrogens is 373 g/mol. The van der Waals surface area contributed by atoms with Gasteiger partial charge in [0.1, 0.15) is 0 Å². The number of nitrogens with zero attached hydrogens (tertiary/aromatic N) is 3. The molecule has 2 saturated heterocycles. The van der Waals surface area contributed by atoms with Crippen molar-refractivity contribution in [3.8, 4) is 0 Å². The minimum Gasteiger partial charge on any atom is -0.332 e. The van der Waals surface area contributed by atoms with E-state index in [0.29, 0.717) is 23.1 Å². The van der Waals surface area contributed by atoms with Crippen LogP contribution in [0.1, 0.15) is 12.8 Å². The molecular formula is C19H17Cl2N3O2. The number of halogens is 2. The Morgan fingerprint density at radius 3 is 1.46 bits per heavy atom. The van der Waals surface area contributed by atoms with Gasteiger partial charge in [0.25, 0.3) is 0 Å². The van der Waals surface area contributed by atoms with Crippen LogP contribution >= 0.6 is 23.2 Å². The van der Waals surface area contributed by atoms with Crippen molar-refractivity contribution >= 4 is 46.4 Å². The molecule has 5 nitrogen and oxygen atoms in total. The third kappa shape index (κ3) is 3.02. The van der Waals surface area contributed by atoms with Crippen LogP contribution in [0.25, 0.3) is 0 Å². The van der Waals surface area contributed by atoms with Gasteiger partial charge < -0.3 is 9.80 Å². The molecule has 2 amide bonds. The SMILES string of the molecule is O=C1CCC(=O)N1C1N(c2ccc(Cl)cc2)CCN1c1ccc(Cl)cc1. The van der Waals surface area contributed by atoms with E-state index in [1.165, 1.54) is 4.90 Å². The number of carbonyl (C=O) groups excluding carboxylic acids is 2. The van der Waals surface area contributed by atoms with Gasteiger partial charge >= 0.3 is 0 Å². The molecule has 0 spiro atoms. The van der Waals surface area contributed by atoms with Gasteiger partial charge in [-0.3, -0.25) is 9.59 Å². The number of anilines is 2. The van der Waals surface area contributed by atoms with E-state index in [4.69, 9.17) is 23.2 Å². The lowest BCUT2D eigenvalue weighted by Crippen LogP contribution is -2.54. The van der Waals surface area contributed by atoms with Crippen molar-refractivity contribution in [2.45, 2.75) is 19.1 Å². The lowest BCUT2D eigenvalue weighted by atomic mass is 10.3. The zero-order valence-corrected chi connectivity index (χ0v) is 15.5. The number of hydrogen-bond donors (Lipinski definition) is 0. The molecule has 0 N–H and O–H groups in total. The summed E-state index contributed by atoms with van der Waals surface area (Å²) in [5.41, 5.74) is 1.84. The van der Waals surface area contributed by atoms with Gasteiger partial charge in [-0.15, -0.1) is 0 Å². The zero-order valence-electron chi connectivity index (χ0n) is 13.9. The lowest BCUT2D eigenvalue weighted by Gasteiger charge is -2.37. The van der Waals surface area contributed by atoms with E-state index in [0.717, 1.165) is 11.4 Å². The first-order valence-electron chi connectivity index (χ1n) is 8.44. The molecule has 0 radical (unpaired) electrons. The summed E-state index contributed by atoms with van der Waals surface area (Å²) in [6.07, 6.45) is 0.0381. The fourth-order valence-corrected chi connectivity index (χ4v) is 3.79. The topological polar surface area (TPSA) is 43.9 Å². The van der Waals surface area contributed by atoms with Crippen molar-refractivity contribution in [1.29, 1.82) is 0 Å². The monoisotopic (exact) mass is 389 g/mol. The van der Waals surface area contributed by atoms with Crippen LogP contribution < -0.4 is 9.80 Å². The molecule has 2 aliphatic rings. The Balaban J connectivity index is 1.74. The van der Waals surface area contributed by atoms with E-state index in [9.17, 15) is 9.59 Å². The summed E-state index contributed by atoms with van der Waals surface area (Å²) < 4.78 is 0. The van der Waals surface area contributed by atoms with Gasteiger partial charge in [-0.1, -0.05) is 23.2 Å². The minimum atomic E-state index is -0.486. The van der Waals surface area contributed by atoms with Crippen LogP contribution in [0.3, 0.4) is 0 Å². The maximum absolute atomic E-state index is 12.4. The smallest absolute Gasteiger partial charge is 0.232 e. The summed E-state index contributed by atoms with van der Waals surface area (Å²) in [7, 11) is 0. The Hall–Kier alpha value is -2.24. The van der Waals surface area contributed by atoms with E-state index >= 15 is 0 Å². The first-order valence-corrected chi connectivity index (χ1v) is 9.19. The molecule has 2 fully saturated rings. The highest BCUT2D eigenvalue weighted by Crippen LogP contribution is 2.33. The minimum absolute atomic E-state index is 0.139. The van der Waals surface area contributed by atoms with Gasteiger partial charge in [-0.2, -0.15) is 0 Å². The Morgan fingerprint density at radius 2 is 1.08 bits per heavy atom. The number of hydrogen-bond acceptors (Lipinski definition) is 4. The van der Waals surface area contributed by atoms with Gasteiger partial charge in [0.05, 0.1) is 0 Å². The van der Waals surface area contributed by atoms with Crippen LogP contribution in [-0.2, 0) is 9.59 Å². The fourth-order valence-electron chi connectivity index (χ4n) is 3.53. The lowest BCUT2D eigenvalue weighted by molar-refractivity contribution is -0.140. The maximum Gasteiger partial charge on any atom is 0.232 e. The highest BCUT2D eigenvalue weighted by atomic mass is 35.5. The van der Waals surface area contributed by atoms with E-state index in [-0.39, 0.29) is 24.7 Å². The summed E-state index contributed by atoms with van der Waals surface area (Å²) in [6.45, 7) is 1.37. The van der Waals surface area contributed by atoms with Gasteiger partial charge in [0.2, 0.25) is 11.8 Å². The quantitative estimate of drug-likeness (QED) is 0.749. The molecule has 0 aliphatic carbocycles. The number of amides is 2. The molecule has 0 atom stereocenters. The highest BCUT2D eigenvalue weighted by molar-refractivity contribution is 6.30. The van der Waals surface area contributed by atoms with Crippen molar-refractivity contribution in [3.63, 3.8) is 0 Å². The second-order valence-corrected chi connectivity index (χ2v) is 7.22. The Bertz CT molecular complexity index is 769. The van der Waals surface area contributed by atoms with E-state index in [1.54, 1.807) is 0 Å². The summed E-state index contributed by atoms with van der Waals surface area (Å²) in [5.74, 6) is -0.278. The van der Waals surface area contributed by atoms with Crippen LogP contribution in [0.5, 0.6) is 0 Å². The second-order valence-electron chi connectivity index (χ2n) is 6.34. The van der Waals surface area contributed by atoms with E-state index in [1.807, 2.05) is 48.5 Å². The van der Waals surface area contributed by atoms with Crippen LogP contribution in [0.15, 0.2) is 48.5 Å². The standard InChI is InChI=1S/C19H17Cl2N3O2/c20-13-1-5-15(6-2-13)22-11-12-23(16-7-3-14(21)4-8-16)19(22)24-17(25)9-10-18(24)26/h1-8,19H,9-12H2. The average Bonchev–Trinajstić information content (AvgIpc) is 3.19. The molecule has 2 heterocycles. The third-order valence-corrected chi connectivity index (χ3v) is 5.28. The largest absolute Gasteiger partial charge is 0.332 e. The van der Waals surface area contributed by atoms with Crippen LogP contribution in [0.4, 0.5) is 11.4 Å². The maximum atomic E-state index is 12.4. The normalized spacial score (nSPS) is 18.3. The number of likely N-dealkylation sites (tertiary alicyclic amines) is 1. The molecule has 2 aliphatic heterocycles. The van der Waals surface area contributed by atoms with Gasteiger partial charge in [0.15, 0.2) is 6.29 Å². The number of rotatable bonds is 3. The van der Waals surface area contributed by atoms with Crippen LogP contribution in [0.2, 0.25) is 10.0 Å². The first kappa shape index (κ1) is 17.2. The van der Waals surface area contributed by atoms with Crippen molar-refractivity contribution in [3.05, 3.63) is 58.6 Å². The highest BCUT2D eigenvalue weighted by Gasteiger charge is 2.44. The fraction of sp³-hybridized carbons (Fsp3) is 0.263. The van der Waals surface area contributed by atoms with Crippen molar-refractivity contribution < 1.29 is 9.59 Å². The van der Waals surface area contributed by atoms with Crippen molar-refractivity contribution in [2.24, 2.45) is 0 Å². The summed E-state index contributed by atoms with van der Waals surface area (Å²) >= 11 is 12.0. The molecule has 2 aromatic rings. The molecule has 0 unspecified atom stereocenters. The summed E-state index contributed by atoms with van der Waals surface area (Å²) in [4.78, 5) is 30.4. The summed E-state index contributed by atoms with van der Waals surface area (Å²) in [6, 6.07) is 14.9. The van der Waals surface area contributed by atoms with Gasteiger partial charge in [-0.25, -0.2) is 4.90 Å². The van der Waals surface area contributed by atoms with Gasteiger partial charge in [0, 0.05) is 47.4 Å². The zero-order chi connectivity index (χ0) is 18.3. The first-order chi connectivity index (χ1) is 12.5. The molecule has 0 aromatic heterocycles. The third-order valence-electron chi connectivity index (χ3n) is 4.78. The molecule has 2 aromatic carbocycles. The van der Waals surface area contributed by atoms with E-state index < -0.39 is 6.29 Å². The molecule has 4 rings (SSSR count). The predicted octanol–water partition coefficient (Wildman–Crippen LogP) is 3.75. The predicted molar refractivity (Wildman–Crippen MR) is 102 cm³/mol. The van der Waals surface area contributed by atoms with Crippen LogP contribution in [0, 0.1) is 0 Å². The van der Waals surface area contributed by atoms with Crippen molar-refractivity contribution in [1.82, 2.24) is 4.90 Å². The molecule has 134 valence electrons. The Morgan fingerprint density at radius 1 is 0.692 bits per heavy atom. The molecule has 0 saturated carbocycles. The molecule has 26 heavy (non-hydrogen) atoms. The van der Waals surface area contributed by atoms with Crippen LogP contribution in [-0.4, -0.2) is 36.1 Å². The number of carbonyl (C=O) groups is 2. The second kappa shape index (κ2) is 6.82. The number of imide groups is 1. The molecule has 0 bridgehead atoms. The van der Waals surface area contributed by atoms with E-state index in [2.05, 4.69) is 9.80 Å². The molecule has 7 heteroatoms. The Kier molecular flexibility index (Phi) is 4.51.